The van der Waals surface area contributed by atoms with Crippen LogP contribution in [0.1, 0.15) is 58.4 Å². The van der Waals surface area contributed by atoms with E-state index in [0.717, 1.165) is 37.7 Å². The smallest absolute Gasteiger partial charge is 0.271 e. The summed E-state index contributed by atoms with van der Waals surface area (Å²) in [5.41, 5.74) is 13.0. The van der Waals surface area contributed by atoms with Crippen molar-refractivity contribution in [1.29, 1.82) is 0 Å². The van der Waals surface area contributed by atoms with Crippen molar-refractivity contribution in [3.8, 4) is 0 Å². The van der Waals surface area contributed by atoms with Crippen LogP contribution in [-0.4, -0.2) is 22.5 Å². The van der Waals surface area contributed by atoms with Gasteiger partial charge < -0.3 is 11.5 Å². The van der Waals surface area contributed by atoms with Crippen LogP contribution in [0.4, 0.5) is 11.4 Å². The molecular weight excluding hydrogens is 332 g/mol. The first-order chi connectivity index (χ1) is 12.1. The van der Waals surface area contributed by atoms with Crippen LogP contribution in [0.5, 0.6) is 0 Å². The van der Waals surface area contributed by atoms with Gasteiger partial charge in [0.25, 0.3) is 5.69 Å². The Balaban J connectivity index is 2.23. The number of nitro groups is 1. The lowest BCUT2D eigenvalue weighted by molar-refractivity contribution is -0.384. The predicted octanol–water partition coefficient (Wildman–Crippen LogP) is 3.00. The highest BCUT2D eigenvalue weighted by atomic mass is 16.6. The molecule has 1 aromatic carbocycles. The zero-order valence-corrected chi connectivity index (χ0v) is 15.5. The molecule has 1 saturated carbocycles. The Morgan fingerprint density at radius 2 is 1.85 bits per heavy atom. The topological polar surface area (TPSA) is 123 Å². The first-order valence-corrected chi connectivity index (χ1v) is 8.93. The summed E-state index contributed by atoms with van der Waals surface area (Å²) in [4.78, 5) is 21.7. The van der Waals surface area contributed by atoms with E-state index in [9.17, 15) is 10.1 Å². The van der Waals surface area contributed by atoms with Gasteiger partial charge in [0.15, 0.2) is 0 Å². The summed E-state index contributed by atoms with van der Waals surface area (Å²) >= 11 is 0. The molecule has 4 N–H and O–H groups in total. The highest BCUT2D eigenvalue weighted by Crippen LogP contribution is 2.43. The molecule has 3 rings (SSSR count). The number of nitrogens with zero attached hydrogens (tertiary/aromatic N) is 4. The number of guanidine groups is 2. The average molecular weight is 358 g/mol. The van der Waals surface area contributed by atoms with Gasteiger partial charge >= 0.3 is 0 Å². The normalized spacial score (nSPS) is 19.9. The van der Waals surface area contributed by atoms with Crippen LogP contribution < -0.4 is 16.4 Å². The van der Waals surface area contributed by atoms with Crippen molar-refractivity contribution in [2.24, 2.45) is 21.5 Å². The minimum absolute atomic E-state index is 0.0225. The molecule has 1 aromatic rings. The number of hydrogen-bond acceptors (Lipinski definition) is 7. The Morgan fingerprint density at radius 3 is 2.42 bits per heavy atom. The number of nitro benzene ring substituents is 1. The number of non-ortho nitro benzene ring substituents is 1. The Bertz CT molecular complexity index is 787. The molecule has 1 heterocycles. The lowest BCUT2D eigenvalue weighted by Crippen LogP contribution is -2.58. The molecule has 0 bridgehead atoms. The number of benzene rings is 1. The summed E-state index contributed by atoms with van der Waals surface area (Å²) in [5.74, 6) is 0.411. The summed E-state index contributed by atoms with van der Waals surface area (Å²) < 4.78 is 0. The van der Waals surface area contributed by atoms with E-state index in [1.54, 1.807) is 12.1 Å². The van der Waals surface area contributed by atoms with Gasteiger partial charge in [-0.05, 0) is 42.7 Å². The van der Waals surface area contributed by atoms with Crippen molar-refractivity contribution in [3.05, 3.63) is 33.9 Å². The van der Waals surface area contributed by atoms with Gasteiger partial charge in [-0.2, -0.15) is 4.99 Å². The molecule has 0 saturated heterocycles. The SMILES string of the molecule is CC(C)(C)c1ccc([N+](=O)[O-])cc1N1C(N)=NC(N)=NC12CCCCC2. The standard InChI is InChI=1S/C18H26N6O2/c1-17(2,3)13-8-7-12(24(25)26)11-14(13)23-16(20)21-15(19)22-18(23)9-5-4-6-10-18/h7-8,11H,4-6,9-10H2,1-3H3,(H4,19,20,21,22). The molecule has 8 heteroatoms. The molecule has 1 aliphatic heterocycles. The van der Waals surface area contributed by atoms with E-state index in [1.165, 1.54) is 6.07 Å². The van der Waals surface area contributed by atoms with Crippen LogP contribution >= 0.6 is 0 Å². The van der Waals surface area contributed by atoms with E-state index >= 15 is 0 Å². The van der Waals surface area contributed by atoms with Crippen LogP contribution in [0.2, 0.25) is 0 Å². The van der Waals surface area contributed by atoms with E-state index in [-0.39, 0.29) is 23.0 Å². The molecule has 26 heavy (non-hydrogen) atoms. The van der Waals surface area contributed by atoms with Gasteiger partial charge in [-0.15, -0.1) is 0 Å². The third-order valence-electron chi connectivity index (χ3n) is 5.09. The van der Waals surface area contributed by atoms with Gasteiger partial charge in [-0.25, -0.2) is 4.99 Å². The maximum atomic E-state index is 11.4. The number of rotatable bonds is 2. The Kier molecular flexibility index (Phi) is 4.37. The molecule has 1 fully saturated rings. The zero-order valence-electron chi connectivity index (χ0n) is 15.5. The van der Waals surface area contributed by atoms with Crippen LogP contribution in [0.25, 0.3) is 0 Å². The van der Waals surface area contributed by atoms with Gasteiger partial charge in [-0.3, -0.25) is 15.0 Å². The second-order valence-electron chi connectivity index (χ2n) is 8.03. The first kappa shape index (κ1) is 18.2. The van der Waals surface area contributed by atoms with E-state index in [2.05, 4.69) is 30.8 Å². The van der Waals surface area contributed by atoms with Crippen molar-refractivity contribution in [2.75, 3.05) is 4.90 Å². The largest absolute Gasteiger partial charge is 0.369 e. The molecule has 0 amide bonds. The molecule has 1 aliphatic carbocycles. The van der Waals surface area contributed by atoms with Crippen LogP contribution in [-0.2, 0) is 5.41 Å². The Hall–Kier alpha value is -2.64. The van der Waals surface area contributed by atoms with E-state index < -0.39 is 10.6 Å². The van der Waals surface area contributed by atoms with Gasteiger partial charge in [0, 0.05) is 12.1 Å². The van der Waals surface area contributed by atoms with Gasteiger partial charge in [0.2, 0.25) is 11.9 Å². The van der Waals surface area contributed by atoms with E-state index in [4.69, 9.17) is 11.5 Å². The molecule has 0 aromatic heterocycles. The number of anilines is 1. The maximum Gasteiger partial charge on any atom is 0.271 e. The monoisotopic (exact) mass is 358 g/mol. The highest BCUT2D eigenvalue weighted by Gasteiger charge is 2.44. The predicted molar refractivity (Wildman–Crippen MR) is 103 cm³/mol. The zero-order chi connectivity index (χ0) is 19.1. The average Bonchev–Trinajstić information content (AvgIpc) is 2.53. The fourth-order valence-electron chi connectivity index (χ4n) is 3.92. The summed E-state index contributed by atoms with van der Waals surface area (Å²) in [6.45, 7) is 6.21. The number of hydrogen-bond donors (Lipinski definition) is 2. The quantitative estimate of drug-likeness (QED) is 0.621. The second-order valence-corrected chi connectivity index (χ2v) is 8.03. The Morgan fingerprint density at radius 1 is 1.19 bits per heavy atom. The number of aliphatic imine (C=N–C) groups is 2. The third-order valence-corrected chi connectivity index (χ3v) is 5.09. The molecular formula is C18H26N6O2. The van der Waals surface area contributed by atoms with Crippen molar-refractivity contribution < 1.29 is 4.92 Å². The molecule has 0 atom stereocenters. The molecule has 8 nitrogen and oxygen atoms in total. The van der Waals surface area contributed by atoms with Crippen molar-refractivity contribution in [3.63, 3.8) is 0 Å². The Labute approximate surface area is 153 Å². The van der Waals surface area contributed by atoms with Gasteiger partial charge in [0.05, 0.1) is 10.6 Å². The first-order valence-electron chi connectivity index (χ1n) is 8.93. The fourth-order valence-corrected chi connectivity index (χ4v) is 3.92. The van der Waals surface area contributed by atoms with E-state index in [0.29, 0.717) is 5.69 Å². The summed E-state index contributed by atoms with van der Waals surface area (Å²) in [6.07, 6.45) is 4.70. The minimum atomic E-state index is -0.622. The van der Waals surface area contributed by atoms with Crippen molar-refractivity contribution in [1.82, 2.24) is 0 Å². The molecule has 0 radical (unpaired) electrons. The van der Waals surface area contributed by atoms with Crippen LogP contribution in [0.15, 0.2) is 28.2 Å². The van der Waals surface area contributed by atoms with Crippen LogP contribution in [0, 0.1) is 10.1 Å². The lowest BCUT2D eigenvalue weighted by Gasteiger charge is -2.46. The van der Waals surface area contributed by atoms with E-state index in [1.807, 2.05) is 4.90 Å². The third kappa shape index (κ3) is 3.11. The summed E-state index contributed by atoms with van der Waals surface area (Å²) in [7, 11) is 0. The van der Waals surface area contributed by atoms with Gasteiger partial charge in [-0.1, -0.05) is 27.2 Å². The maximum absolute atomic E-state index is 11.4. The number of nitrogens with two attached hydrogens (primary N) is 2. The van der Waals surface area contributed by atoms with Gasteiger partial charge in [0.1, 0.15) is 5.66 Å². The fraction of sp³-hybridized carbons (Fsp3) is 0.556. The lowest BCUT2D eigenvalue weighted by atomic mass is 9.82. The summed E-state index contributed by atoms with van der Waals surface area (Å²) in [6, 6.07) is 4.92. The molecule has 140 valence electrons. The minimum Gasteiger partial charge on any atom is -0.369 e. The van der Waals surface area contributed by atoms with Crippen molar-refractivity contribution in [2.45, 2.75) is 64.0 Å². The molecule has 1 spiro atoms. The molecule has 2 aliphatic rings. The van der Waals surface area contributed by atoms with Crippen molar-refractivity contribution >= 4 is 23.3 Å². The highest BCUT2D eigenvalue weighted by molar-refractivity contribution is 6.06. The molecule has 0 unspecified atom stereocenters. The van der Waals surface area contributed by atoms with Crippen LogP contribution in [0.3, 0.4) is 0 Å². The summed E-state index contributed by atoms with van der Waals surface area (Å²) in [5, 5.41) is 11.4. The second kappa shape index (κ2) is 6.26.